The van der Waals surface area contributed by atoms with Gasteiger partial charge < -0.3 is 14.0 Å². The van der Waals surface area contributed by atoms with E-state index in [-0.39, 0.29) is 5.41 Å². The average molecular weight is 778 g/mol. The fourth-order valence-corrected chi connectivity index (χ4v) is 9.24. The minimum absolute atomic E-state index is 0.0599. The molecule has 0 radical (unpaired) electrons. The number of fused-ring (bicyclic) bond motifs is 8. The van der Waals surface area contributed by atoms with Crippen LogP contribution < -0.4 is 4.90 Å². The summed E-state index contributed by atoms with van der Waals surface area (Å²) in [6.07, 6.45) is 2.20. The fraction of sp³-hybridized carbons (Fsp3) is 0.123. The van der Waals surface area contributed by atoms with Crippen LogP contribution in [-0.4, -0.2) is 9.13 Å². The van der Waals surface area contributed by atoms with Crippen molar-refractivity contribution in [3.05, 3.63) is 211 Å². The van der Waals surface area contributed by atoms with E-state index >= 15 is 0 Å². The molecule has 0 fully saturated rings. The molecule has 2 heterocycles. The van der Waals surface area contributed by atoms with Crippen molar-refractivity contribution in [3.63, 3.8) is 0 Å². The molecule has 0 amide bonds. The maximum absolute atomic E-state index is 2.44. The van der Waals surface area contributed by atoms with Crippen molar-refractivity contribution in [1.29, 1.82) is 0 Å². The van der Waals surface area contributed by atoms with Gasteiger partial charge in [0.1, 0.15) is 0 Å². The van der Waals surface area contributed by atoms with Crippen LogP contribution in [0.3, 0.4) is 0 Å². The molecule has 294 valence electrons. The zero-order valence-electron chi connectivity index (χ0n) is 35.4. The molecule has 0 unspecified atom stereocenters. The van der Waals surface area contributed by atoms with Gasteiger partial charge >= 0.3 is 0 Å². The zero-order valence-corrected chi connectivity index (χ0v) is 35.4. The van der Waals surface area contributed by atoms with E-state index in [2.05, 4.69) is 228 Å². The summed E-state index contributed by atoms with van der Waals surface area (Å²) in [7, 11) is 0. The highest BCUT2D eigenvalue weighted by atomic mass is 15.1. The minimum Gasteiger partial charge on any atom is -0.316 e. The summed E-state index contributed by atoms with van der Waals surface area (Å²) < 4.78 is 4.74. The van der Waals surface area contributed by atoms with Crippen LogP contribution in [0.25, 0.3) is 66.3 Å². The van der Waals surface area contributed by atoms with Crippen LogP contribution >= 0.6 is 0 Å². The topological polar surface area (TPSA) is 13.1 Å². The second-order valence-electron chi connectivity index (χ2n) is 15.4. The second-order valence-corrected chi connectivity index (χ2v) is 15.4. The Hall–Kier alpha value is -7.10. The van der Waals surface area contributed by atoms with Crippen LogP contribution in [-0.2, 0) is 5.41 Å². The van der Waals surface area contributed by atoms with Crippen molar-refractivity contribution in [1.82, 2.24) is 9.13 Å². The Bertz CT molecular complexity index is 3080. The lowest BCUT2D eigenvalue weighted by molar-refractivity contribution is 0.660. The third-order valence-electron chi connectivity index (χ3n) is 11.9. The first-order chi connectivity index (χ1) is 29.5. The van der Waals surface area contributed by atoms with E-state index in [4.69, 9.17) is 0 Å². The summed E-state index contributed by atoms with van der Waals surface area (Å²) in [4.78, 5) is 2.43. The van der Waals surface area contributed by atoms with Crippen LogP contribution in [0, 0.1) is 0 Å². The largest absolute Gasteiger partial charge is 0.316 e. The summed E-state index contributed by atoms with van der Waals surface area (Å²) in [5.41, 5.74) is 17.0. The first-order valence-corrected chi connectivity index (χ1v) is 21.4. The second kappa shape index (κ2) is 15.9. The molecule has 2 aromatic heterocycles. The van der Waals surface area contributed by atoms with E-state index in [0.29, 0.717) is 0 Å². The number of para-hydroxylation sites is 2. The average Bonchev–Trinajstić information content (AvgIpc) is 3.97. The molecule has 0 aliphatic heterocycles. The van der Waals surface area contributed by atoms with E-state index in [0.717, 1.165) is 28.4 Å². The quantitative estimate of drug-likeness (QED) is 0.164. The van der Waals surface area contributed by atoms with Crippen LogP contribution in [0.4, 0.5) is 17.1 Å². The van der Waals surface area contributed by atoms with Gasteiger partial charge in [-0.1, -0.05) is 157 Å². The van der Waals surface area contributed by atoms with E-state index in [1.54, 1.807) is 0 Å². The Labute approximate surface area is 354 Å². The van der Waals surface area contributed by atoms with Gasteiger partial charge in [-0.05, 0) is 112 Å². The number of rotatable bonds is 6. The van der Waals surface area contributed by atoms with Crippen molar-refractivity contribution in [2.24, 2.45) is 0 Å². The molecule has 0 N–H and O–H groups in total. The van der Waals surface area contributed by atoms with Gasteiger partial charge in [0.2, 0.25) is 0 Å². The number of hydrogen-bond donors (Lipinski definition) is 0. The highest BCUT2D eigenvalue weighted by Gasteiger charge is 2.35. The predicted molar refractivity (Wildman–Crippen MR) is 258 cm³/mol. The van der Waals surface area contributed by atoms with Crippen LogP contribution in [0.5, 0.6) is 0 Å². The molecule has 11 rings (SSSR count). The molecule has 0 saturated carbocycles. The smallest absolute Gasteiger partial charge is 0.0635 e. The van der Waals surface area contributed by atoms with Gasteiger partial charge in [-0.2, -0.15) is 0 Å². The number of benzene rings is 8. The lowest BCUT2D eigenvalue weighted by Gasteiger charge is -2.27. The Morgan fingerprint density at radius 3 is 1.67 bits per heavy atom. The van der Waals surface area contributed by atoms with Crippen molar-refractivity contribution >= 4 is 49.8 Å². The number of hydrogen-bond acceptors (Lipinski definition) is 1. The normalized spacial score (nSPS) is 12.3. The molecule has 3 heteroatoms. The summed E-state index contributed by atoms with van der Waals surface area (Å²) >= 11 is 0. The molecular weight excluding hydrogens is 727 g/mol. The Morgan fingerprint density at radius 1 is 0.400 bits per heavy atom. The number of nitrogens with zero attached hydrogens (tertiary/aromatic N) is 3. The van der Waals surface area contributed by atoms with E-state index in [1.807, 2.05) is 27.7 Å². The predicted octanol–water partition coefficient (Wildman–Crippen LogP) is 16.2. The van der Waals surface area contributed by atoms with Crippen LogP contribution in [0.1, 0.15) is 52.7 Å². The van der Waals surface area contributed by atoms with E-state index in [9.17, 15) is 0 Å². The Kier molecular flexibility index (Phi) is 10.2. The van der Waals surface area contributed by atoms with Gasteiger partial charge in [0.25, 0.3) is 0 Å². The van der Waals surface area contributed by atoms with Gasteiger partial charge in [0.05, 0.1) is 16.6 Å². The molecule has 1 aliphatic rings. The third kappa shape index (κ3) is 6.29. The molecule has 0 bridgehead atoms. The maximum Gasteiger partial charge on any atom is 0.0635 e. The van der Waals surface area contributed by atoms with E-state index < -0.39 is 0 Å². The summed E-state index contributed by atoms with van der Waals surface area (Å²) in [6, 6.07) is 70.9. The lowest BCUT2D eigenvalue weighted by Crippen LogP contribution is -2.15. The first-order valence-electron chi connectivity index (χ1n) is 21.4. The van der Waals surface area contributed by atoms with E-state index in [1.165, 1.54) is 66.1 Å². The first kappa shape index (κ1) is 38.4. The standard InChI is InChI=1S/C53H39N3.2C2H6/c1-53(2)48-21-13-12-20-43(48)46-34-41(26-29-49(46)53)55(40-24-22-37(23-25-40)36-14-6-3-7-15-36)42-27-30-51-47(35-42)44-28-31-50-45(32-33-54(50)38-16-8-4-9-17-38)52(44)56(51)39-18-10-5-11-19-39;2*1-2/h3-35H,1-2H3;2*1-2H3. The Balaban J connectivity index is 0.00000112. The van der Waals surface area contributed by atoms with Gasteiger partial charge in [-0.3, -0.25) is 0 Å². The molecule has 8 aromatic carbocycles. The van der Waals surface area contributed by atoms with Gasteiger partial charge in [0, 0.05) is 56.2 Å². The highest BCUT2D eigenvalue weighted by molar-refractivity contribution is 6.19. The molecule has 10 aromatic rings. The van der Waals surface area contributed by atoms with Crippen LogP contribution in [0.15, 0.2) is 200 Å². The van der Waals surface area contributed by atoms with Crippen molar-refractivity contribution in [2.45, 2.75) is 47.0 Å². The maximum atomic E-state index is 2.44. The summed E-state index contributed by atoms with van der Waals surface area (Å²) in [6.45, 7) is 12.7. The molecule has 1 aliphatic carbocycles. The van der Waals surface area contributed by atoms with Gasteiger partial charge in [0.15, 0.2) is 0 Å². The molecular formula is C57H51N3. The monoisotopic (exact) mass is 777 g/mol. The van der Waals surface area contributed by atoms with Crippen molar-refractivity contribution in [3.8, 4) is 33.6 Å². The molecule has 3 nitrogen and oxygen atoms in total. The SMILES string of the molecule is CC.CC.CC1(C)c2ccccc2-c2cc(N(c3ccc(-c4ccccc4)cc3)c3ccc4c(c3)c3ccc5c(ccn5-c5ccccc5)c3n4-c3ccccc3)ccc21. The van der Waals surface area contributed by atoms with Crippen molar-refractivity contribution in [2.75, 3.05) is 4.90 Å². The summed E-state index contributed by atoms with van der Waals surface area (Å²) in [5, 5.41) is 3.67. The number of aromatic nitrogens is 2. The molecule has 60 heavy (non-hydrogen) atoms. The van der Waals surface area contributed by atoms with Gasteiger partial charge in [-0.15, -0.1) is 0 Å². The number of anilines is 3. The third-order valence-corrected chi connectivity index (χ3v) is 11.9. The van der Waals surface area contributed by atoms with Gasteiger partial charge in [-0.25, -0.2) is 0 Å². The van der Waals surface area contributed by atoms with Crippen molar-refractivity contribution < 1.29 is 0 Å². The Morgan fingerprint density at radius 2 is 0.950 bits per heavy atom. The molecule has 0 atom stereocenters. The highest BCUT2D eigenvalue weighted by Crippen LogP contribution is 2.51. The molecule has 0 spiro atoms. The minimum atomic E-state index is -0.0599. The fourth-order valence-electron chi connectivity index (χ4n) is 9.24. The molecule has 0 saturated heterocycles. The lowest BCUT2D eigenvalue weighted by atomic mass is 9.82. The summed E-state index contributed by atoms with van der Waals surface area (Å²) in [5.74, 6) is 0. The van der Waals surface area contributed by atoms with Crippen LogP contribution in [0.2, 0.25) is 0 Å². The zero-order chi connectivity index (χ0) is 41.4.